The predicted molar refractivity (Wildman–Crippen MR) is 69.8 cm³/mol. The normalized spacial score (nSPS) is 12.6. The quantitative estimate of drug-likeness (QED) is 0.791. The standard InChI is InChI=1S/C13H16ClNO2/c1-10(8-9-16)15-13(17)7-6-11-4-2-3-5-12(11)14/h2-7,10,16H,8-9H2,1H3,(H,15,17)/b7-6+. The van der Waals surface area contributed by atoms with Gasteiger partial charge in [-0.1, -0.05) is 29.8 Å². The van der Waals surface area contributed by atoms with Gasteiger partial charge in [0, 0.05) is 23.7 Å². The topological polar surface area (TPSA) is 49.3 Å². The Morgan fingerprint density at radius 1 is 1.53 bits per heavy atom. The summed E-state index contributed by atoms with van der Waals surface area (Å²) in [5, 5.41) is 12.1. The molecule has 1 unspecified atom stereocenters. The lowest BCUT2D eigenvalue weighted by Gasteiger charge is -2.09. The summed E-state index contributed by atoms with van der Waals surface area (Å²) in [6.45, 7) is 1.91. The molecule has 4 heteroatoms. The second-order valence-corrected chi connectivity index (χ2v) is 4.18. The lowest BCUT2D eigenvalue weighted by Crippen LogP contribution is -2.31. The Hall–Kier alpha value is -1.32. The second kappa shape index (κ2) is 7.09. The number of hydrogen-bond acceptors (Lipinski definition) is 2. The monoisotopic (exact) mass is 253 g/mol. The van der Waals surface area contributed by atoms with Crippen LogP contribution in [0.2, 0.25) is 5.02 Å². The van der Waals surface area contributed by atoms with Crippen molar-refractivity contribution in [3.8, 4) is 0 Å². The SMILES string of the molecule is CC(CCO)NC(=O)/C=C/c1ccccc1Cl. The van der Waals surface area contributed by atoms with E-state index in [4.69, 9.17) is 16.7 Å². The molecule has 0 aliphatic carbocycles. The molecule has 1 rings (SSSR count). The Morgan fingerprint density at radius 2 is 2.24 bits per heavy atom. The van der Waals surface area contributed by atoms with Crippen LogP contribution in [-0.4, -0.2) is 23.7 Å². The highest BCUT2D eigenvalue weighted by molar-refractivity contribution is 6.32. The minimum Gasteiger partial charge on any atom is -0.396 e. The highest BCUT2D eigenvalue weighted by Crippen LogP contribution is 2.15. The van der Waals surface area contributed by atoms with Crippen molar-refractivity contribution >= 4 is 23.6 Å². The Kier molecular flexibility index (Phi) is 5.73. The van der Waals surface area contributed by atoms with E-state index in [1.165, 1.54) is 6.08 Å². The number of carbonyl (C=O) groups excluding carboxylic acids is 1. The van der Waals surface area contributed by atoms with Gasteiger partial charge in [0.25, 0.3) is 0 Å². The van der Waals surface area contributed by atoms with E-state index in [0.29, 0.717) is 11.4 Å². The van der Waals surface area contributed by atoms with Crippen molar-refractivity contribution in [2.45, 2.75) is 19.4 Å². The van der Waals surface area contributed by atoms with Crippen molar-refractivity contribution in [1.29, 1.82) is 0 Å². The fourth-order valence-electron chi connectivity index (χ4n) is 1.33. The first-order chi connectivity index (χ1) is 8.13. The maximum Gasteiger partial charge on any atom is 0.244 e. The van der Waals surface area contributed by atoms with Gasteiger partial charge in [0.1, 0.15) is 0 Å². The van der Waals surface area contributed by atoms with Gasteiger partial charge in [-0.15, -0.1) is 0 Å². The number of amides is 1. The van der Waals surface area contributed by atoms with E-state index in [-0.39, 0.29) is 18.6 Å². The van der Waals surface area contributed by atoms with Gasteiger partial charge in [-0.3, -0.25) is 4.79 Å². The zero-order valence-electron chi connectivity index (χ0n) is 9.69. The molecule has 0 fully saturated rings. The number of aliphatic hydroxyl groups excluding tert-OH is 1. The number of aliphatic hydroxyl groups is 1. The van der Waals surface area contributed by atoms with Crippen molar-refractivity contribution in [3.63, 3.8) is 0 Å². The molecule has 3 nitrogen and oxygen atoms in total. The third kappa shape index (κ3) is 5.02. The number of halogens is 1. The molecule has 17 heavy (non-hydrogen) atoms. The van der Waals surface area contributed by atoms with Crippen molar-refractivity contribution in [2.75, 3.05) is 6.61 Å². The highest BCUT2D eigenvalue weighted by Gasteiger charge is 2.03. The van der Waals surface area contributed by atoms with Crippen LogP contribution >= 0.6 is 11.6 Å². The lowest BCUT2D eigenvalue weighted by atomic mass is 10.2. The van der Waals surface area contributed by atoms with Gasteiger partial charge in [-0.05, 0) is 31.1 Å². The molecule has 0 aliphatic heterocycles. The van der Waals surface area contributed by atoms with Crippen molar-refractivity contribution in [1.82, 2.24) is 5.32 Å². The first-order valence-electron chi connectivity index (χ1n) is 5.47. The van der Waals surface area contributed by atoms with E-state index >= 15 is 0 Å². The van der Waals surface area contributed by atoms with E-state index in [1.54, 1.807) is 12.1 Å². The van der Waals surface area contributed by atoms with Gasteiger partial charge in [-0.25, -0.2) is 0 Å². The minimum atomic E-state index is -0.189. The molecule has 0 aliphatic rings. The van der Waals surface area contributed by atoms with Crippen LogP contribution in [0, 0.1) is 0 Å². The molecule has 1 amide bonds. The van der Waals surface area contributed by atoms with E-state index in [2.05, 4.69) is 5.32 Å². The third-order valence-electron chi connectivity index (χ3n) is 2.27. The van der Waals surface area contributed by atoms with Gasteiger partial charge in [0.15, 0.2) is 0 Å². The molecule has 1 atom stereocenters. The van der Waals surface area contributed by atoms with Gasteiger partial charge in [0.2, 0.25) is 5.91 Å². The first kappa shape index (κ1) is 13.7. The average Bonchev–Trinajstić information content (AvgIpc) is 2.28. The summed E-state index contributed by atoms with van der Waals surface area (Å²) in [7, 11) is 0. The van der Waals surface area contributed by atoms with E-state index in [9.17, 15) is 4.79 Å². The zero-order valence-corrected chi connectivity index (χ0v) is 10.4. The maximum absolute atomic E-state index is 11.5. The van der Waals surface area contributed by atoms with Crippen molar-refractivity contribution < 1.29 is 9.90 Å². The van der Waals surface area contributed by atoms with E-state index < -0.39 is 0 Å². The number of rotatable bonds is 5. The Bertz CT molecular complexity index is 404. The number of carbonyl (C=O) groups is 1. The lowest BCUT2D eigenvalue weighted by molar-refractivity contribution is -0.117. The summed E-state index contributed by atoms with van der Waals surface area (Å²) in [5.41, 5.74) is 0.805. The summed E-state index contributed by atoms with van der Waals surface area (Å²) in [6.07, 6.45) is 3.66. The van der Waals surface area contributed by atoms with Gasteiger partial charge in [0.05, 0.1) is 0 Å². The molecule has 1 aromatic rings. The van der Waals surface area contributed by atoms with Crippen LogP contribution in [0.3, 0.4) is 0 Å². The summed E-state index contributed by atoms with van der Waals surface area (Å²) in [4.78, 5) is 11.5. The third-order valence-corrected chi connectivity index (χ3v) is 2.61. The molecule has 92 valence electrons. The molecule has 0 saturated heterocycles. The smallest absolute Gasteiger partial charge is 0.244 e. The maximum atomic E-state index is 11.5. The molecule has 0 saturated carbocycles. The zero-order chi connectivity index (χ0) is 12.7. The highest BCUT2D eigenvalue weighted by atomic mass is 35.5. The molecule has 2 N–H and O–H groups in total. The second-order valence-electron chi connectivity index (χ2n) is 3.78. The average molecular weight is 254 g/mol. The number of nitrogens with one attached hydrogen (secondary N) is 1. The summed E-state index contributed by atoms with van der Waals surface area (Å²) in [6, 6.07) is 7.26. The van der Waals surface area contributed by atoms with E-state index in [1.807, 2.05) is 25.1 Å². The van der Waals surface area contributed by atoms with Crippen LogP contribution in [0.25, 0.3) is 6.08 Å². The van der Waals surface area contributed by atoms with Crippen LogP contribution in [-0.2, 0) is 4.79 Å². The summed E-state index contributed by atoms with van der Waals surface area (Å²) >= 11 is 5.95. The molecule has 1 aromatic carbocycles. The molecule has 0 radical (unpaired) electrons. The minimum absolute atomic E-state index is 0.0385. The Labute approximate surface area is 106 Å². The van der Waals surface area contributed by atoms with Crippen LogP contribution in [0.5, 0.6) is 0 Å². The number of hydrogen-bond donors (Lipinski definition) is 2. The van der Waals surface area contributed by atoms with Gasteiger partial charge < -0.3 is 10.4 Å². The number of benzene rings is 1. The van der Waals surface area contributed by atoms with Crippen molar-refractivity contribution in [3.05, 3.63) is 40.9 Å². The Morgan fingerprint density at radius 3 is 2.88 bits per heavy atom. The van der Waals surface area contributed by atoms with Gasteiger partial charge in [-0.2, -0.15) is 0 Å². The molecular formula is C13H16ClNO2. The molecule has 0 bridgehead atoms. The molecule has 0 spiro atoms. The summed E-state index contributed by atoms with van der Waals surface area (Å²) < 4.78 is 0. The largest absolute Gasteiger partial charge is 0.396 e. The fourth-order valence-corrected chi connectivity index (χ4v) is 1.53. The van der Waals surface area contributed by atoms with Crippen molar-refractivity contribution in [2.24, 2.45) is 0 Å². The van der Waals surface area contributed by atoms with Crippen LogP contribution in [0.15, 0.2) is 30.3 Å². The first-order valence-corrected chi connectivity index (χ1v) is 5.85. The predicted octanol–water partition coefficient (Wildman–Crippen LogP) is 2.24. The molecule has 0 heterocycles. The van der Waals surface area contributed by atoms with Crippen LogP contribution < -0.4 is 5.32 Å². The Balaban J connectivity index is 2.54. The fraction of sp³-hybridized carbons (Fsp3) is 0.308. The molecular weight excluding hydrogens is 238 g/mol. The molecule has 0 aromatic heterocycles. The summed E-state index contributed by atoms with van der Waals surface area (Å²) in [5.74, 6) is -0.189. The van der Waals surface area contributed by atoms with E-state index in [0.717, 1.165) is 5.56 Å². The van der Waals surface area contributed by atoms with Crippen LogP contribution in [0.4, 0.5) is 0 Å². The van der Waals surface area contributed by atoms with Crippen LogP contribution in [0.1, 0.15) is 18.9 Å². The van der Waals surface area contributed by atoms with Gasteiger partial charge >= 0.3 is 0 Å².